The highest BCUT2D eigenvalue weighted by molar-refractivity contribution is 7.89. The Morgan fingerprint density at radius 2 is 2.10 bits per heavy atom. The summed E-state index contributed by atoms with van der Waals surface area (Å²) in [6.45, 7) is 1.99. The average molecular weight is 325 g/mol. The minimum absolute atomic E-state index is 0.0136. The maximum atomic E-state index is 12.7. The van der Waals surface area contributed by atoms with Gasteiger partial charge in [-0.05, 0) is 32.3 Å². The van der Waals surface area contributed by atoms with E-state index in [1.165, 1.54) is 11.6 Å². The highest BCUT2D eigenvalue weighted by atomic mass is 32.2. The van der Waals surface area contributed by atoms with Crippen molar-refractivity contribution in [1.29, 1.82) is 0 Å². The third kappa shape index (κ3) is 4.44. The zero-order valence-electron chi connectivity index (χ0n) is 11.7. The Labute approximate surface area is 121 Å². The summed E-state index contributed by atoms with van der Waals surface area (Å²) in [7, 11) is -3.27. The summed E-state index contributed by atoms with van der Waals surface area (Å²) in [6.07, 6.45) is -2.28. The molecule has 0 unspecified atom stereocenters. The molecule has 0 aromatic carbocycles. The lowest BCUT2D eigenvalue weighted by Crippen LogP contribution is -2.27. The summed E-state index contributed by atoms with van der Waals surface area (Å²) >= 11 is 0. The van der Waals surface area contributed by atoms with Gasteiger partial charge in [0, 0.05) is 24.7 Å². The summed E-state index contributed by atoms with van der Waals surface area (Å²) in [5.41, 5.74) is -0.279. The third-order valence-electron chi connectivity index (χ3n) is 3.35. The van der Waals surface area contributed by atoms with Crippen LogP contribution in [0.15, 0.2) is 6.07 Å². The first-order valence-corrected chi connectivity index (χ1v) is 8.50. The second kappa shape index (κ2) is 5.96. The number of nitrogens with one attached hydrogen (secondary N) is 1. The normalized spacial score (nSPS) is 16.4. The lowest BCUT2D eigenvalue weighted by atomic mass is 10.2. The number of aromatic nitrogens is 2. The largest absolute Gasteiger partial charge is 0.435 e. The lowest BCUT2D eigenvalue weighted by Gasteiger charge is -2.07. The first-order chi connectivity index (χ1) is 9.73. The summed E-state index contributed by atoms with van der Waals surface area (Å²) in [4.78, 5) is 0. The Hall–Kier alpha value is -1.09. The molecule has 0 saturated heterocycles. The highest BCUT2D eigenvalue weighted by Gasteiger charge is 2.37. The van der Waals surface area contributed by atoms with Crippen LogP contribution in [0.2, 0.25) is 0 Å². The number of sulfonamides is 1. The molecule has 1 aromatic heterocycles. The molecule has 0 amide bonds. The van der Waals surface area contributed by atoms with E-state index in [1.807, 2.05) is 0 Å². The molecule has 120 valence electrons. The molecule has 1 N–H and O–H groups in total. The predicted molar refractivity (Wildman–Crippen MR) is 71.3 cm³/mol. The van der Waals surface area contributed by atoms with E-state index in [-0.39, 0.29) is 24.8 Å². The molecule has 1 fully saturated rings. The van der Waals surface area contributed by atoms with E-state index in [0.717, 1.165) is 18.9 Å². The molecule has 2 rings (SSSR count). The van der Waals surface area contributed by atoms with E-state index < -0.39 is 21.9 Å². The molecule has 0 radical (unpaired) electrons. The van der Waals surface area contributed by atoms with Crippen molar-refractivity contribution >= 4 is 10.0 Å². The monoisotopic (exact) mass is 325 g/mol. The molecule has 1 aliphatic carbocycles. The van der Waals surface area contributed by atoms with Crippen LogP contribution in [-0.4, -0.2) is 30.5 Å². The maximum absolute atomic E-state index is 12.7. The Kier molecular flexibility index (Phi) is 4.62. The van der Waals surface area contributed by atoms with Crippen molar-refractivity contribution < 1.29 is 21.6 Å². The van der Waals surface area contributed by atoms with Crippen molar-refractivity contribution in [2.75, 3.05) is 12.3 Å². The first kappa shape index (κ1) is 16.3. The predicted octanol–water partition coefficient (Wildman–Crippen LogP) is 2.11. The number of hydrogen-bond acceptors (Lipinski definition) is 3. The van der Waals surface area contributed by atoms with Gasteiger partial charge >= 0.3 is 6.18 Å². The van der Waals surface area contributed by atoms with Crippen LogP contribution < -0.4 is 4.72 Å². The summed E-state index contributed by atoms with van der Waals surface area (Å²) < 4.78 is 64.3. The summed E-state index contributed by atoms with van der Waals surface area (Å²) in [6, 6.07) is 1.11. The van der Waals surface area contributed by atoms with Crippen molar-refractivity contribution in [3.8, 4) is 0 Å². The second-order valence-electron chi connectivity index (χ2n) is 5.10. The molecule has 1 aromatic rings. The second-order valence-corrected chi connectivity index (χ2v) is 7.20. The Bertz CT molecular complexity index is 591. The molecule has 0 spiro atoms. The molecule has 21 heavy (non-hydrogen) atoms. The first-order valence-electron chi connectivity index (χ1n) is 6.85. The van der Waals surface area contributed by atoms with E-state index in [0.29, 0.717) is 12.1 Å². The zero-order chi connectivity index (χ0) is 15.7. The smallest absolute Gasteiger partial charge is 0.269 e. The Balaban J connectivity index is 1.98. The highest BCUT2D eigenvalue weighted by Crippen LogP contribution is 2.42. The van der Waals surface area contributed by atoms with Crippen molar-refractivity contribution in [3.05, 3.63) is 17.5 Å². The van der Waals surface area contributed by atoms with E-state index in [4.69, 9.17) is 0 Å². The summed E-state index contributed by atoms with van der Waals surface area (Å²) in [5.74, 6) is 0.140. The van der Waals surface area contributed by atoms with Crippen molar-refractivity contribution in [2.45, 2.75) is 44.8 Å². The van der Waals surface area contributed by atoms with Crippen molar-refractivity contribution in [3.63, 3.8) is 0 Å². The topological polar surface area (TPSA) is 64.0 Å². The maximum Gasteiger partial charge on any atom is 0.435 e. The zero-order valence-corrected chi connectivity index (χ0v) is 12.5. The van der Waals surface area contributed by atoms with Gasteiger partial charge in [-0.25, -0.2) is 13.1 Å². The third-order valence-corrected chi connectivity index (χ3v) is 4.75. The fourth-order valence-corrected chi connectivity index (χ4v) is 2.67. The van der Waals surface area contributed by atoms with Crippen LogP contribution >= 0.6 is 0 Å². The van der Waals surface area contributed by atoms with Crippen molar-refractivity contribution in [2.24, 2.45) is 0 Å². The van der Waals surface area contributed by atoms with E-state index in [2.05, 4.69) is 9.82 Å². The molecule has 9 heteroatoms. The molecule has 5 nitrogen and oxygen atoms in total. The van der Waals surface area contributed by atoms with E-state index in [9.17, 15) is 21.6 Å². The fourth-order valence-electron chi connectivity index (χ4n) is 2.02. The van der Waals surface area contributed by atoms with Crippen LogP contribution in [0, 0.1) is 0 Å². The lowest BCUT2D eigenvalue weighted by molar-refractivity contribution is -0.141. The number of nitrogens with zero attached hydrogens (tertiary/aromatic N) is 2. The van der Waals surface area contributed by atoms with Gasteiger partial charge in [0.2, 0.25) is 10.0 Å². The van der Waals surface area contributed by atoms with Crippen LogP contribution in [0.25, 0.3) is 0 Å². The van der Waals surface area contributed by atoms with E-state index in [1.54, 1.807) is 0 Å². The molecular formula is C12H18F3N3O2S. The van der Waals surface area contributed by atoms with E-state index >= 15 is 0 Å². The Morgan fingerprint density at radius 1 is 1.43 bits per heavy atom. The van der Waals surface area contributed by atoms with Gasteiger partial charge in [0.15, 0.2) is 5.69 Å². The number of alkyl halides is 3. The van der Waals surface area contributed by atoms with Crippen molar-refractivity contribution in [1.82, 2.24) is 14.5 Å². The van der Waals surface area contributed by atoms with Gasteiger partial charge < -0.3 is 0 Å². The fraction of sp³-hybridized carbons (Fsp3) is 0.750. The van der Waals surface area contributed by atoms with Crippen LogP contribution in [0.5, 0.6) is 0 Å². The standard InChI is InChI=1S/C12H18F3N3O2S/c1-2-21(19,20)16-6-3-7-18-10(9-4-5-9)8-11(17-18)12(13,14)15/h8-9,16H,2-7H2,1H3. The number of hydrogen-bond donors (Lipinski definition) is 1. The van der Waals surface area contributed by atoms with Gasteiger partial charge in [-0.1, -0.05) is 0 Å². The number of aryl methyl sites for hydroxylation is 1. The number of halogens is 3. The van der Waals surface area contributed by atoms with Gasteiger partial charge in [-0.15, -0.1) is 0 Å². The quantitative estimate of drug-likeness (QED) is 0.781. The van der Waals surface area contributed by atoms with Crippen LogP contribution in [-0.2, 0) is 22.7 Å². The van der Waals surface area contributed by atoms with Crippen LogP contribution in [0.4, 0.5) is 13.2 Å². The molecule has 0 aliphatic heterocycles. The van der Waals surface area contributed by atoms with Crippen LogP contribution in [0.3, 0.4) is 0 Å². The minimum atomic E-state index is -4.45. The molecule has 1 aliphatic rings. The summed E-state index contributed by atoms with van der Waals surface area (Å²) in [5, 5.41) is 3.61. The van der Waals surface area contributed by atoms with Gasteiger partial charge in [-0.2, -0.15) is 18.3 Å². The molecular weight excluding hydrogens is 307 g/mol. The van der Waals surface area contributed by atoms with Crippen LogP contribution in [0.1, 0.15) is 43.5 Å². The molecule has 0 bridgehead atoms. The SMILES string of the molecule is CCS(=O)(=O)NCCCn1nc(C(F)(F)F)cc1C1CC1. The van der Waals surface area contributed by atoms with Gasteiger partial charge in [-0.3, -0.25) is 4.68 Å². The molecule has 0 atom stereocenters. The van der Waals surface area contributed by atoms with Gasteiger partial charge in [0.25, 0.3) is 0 Å². The Morgan fingerprint density at radius 3 is 2.62 bits per heavy atom. The van der Waals surface area contributed by atoms with Gasteiger partial charge in [0.05, 0.1) is 5.75 Å². The average Bonchev–Trinajstić information content (AvgIpc) is 3.14. The molecule has 1 heterocycles. The minimum Gasteiger partial charge on any atom is -0.269 e. The molecule has 1 saturated carbocycles. The number of rotatable bonds is 7. The van der Waals surface area contributed by atoms with Gasteiger partial charge in [0.1, 0.15) is 0 Å².